The van der Waals surface area contributed by atoms with Crippen molar-refractivity contribution in [2.24, 2.45) is 11.7 Å². The van der Waals surface area contributed by atoms with E-state index >= 15 is 0 Å². The van der Waals surface area contributed by atoms with Gasteiger partial charge in [-0.1, -0.05) is 41.9 Å². The molecule has 0 aliphatic carbocycles. The highest BCUT2D eigenvalue weighted by Gasteiger charge is 2.36. The Balaban J connectivity index is 1.88. The molecule has 0 bridgehead atoms. The molecule has 2 atom stereocenters. The van der Waals surface area contributed by atoms with E-state index in [0.29, 0.717) is 41.7 Å². The van der Waals surface area contributed by atoms with Crippen molar-refractivity contribution in [3.8, 4) is 5.75 Å². The Bertz CT molecular complexity index is 767. The quantitative estimate of drug-likeness (QED) is 0.822. The monoisotopic (exact) mass is 359 g/mol. The molecule has 2 aromatic carbocycles. The Kier molecular flexibility index (Phi) is 5.16. The number of methoxy groups -OCH3 is 1. The largest absolute Gasteiger partial charge is 0.496 e. The van der Waals surface area contributed by atoms with Crippen molar-refractivity contribution < 1.29 is 9.53 Å². The number of hydrogen-bond acceptors (Lipinski definition) is 4. The molecule has 4 N–H and O–H groups in total. The molecule has 1 fully saturated rings. The van der Waals surface area contributed by atoms with Gasteiger partial charge >= 0.3 is 0 Å². The molecule has 3 rings (SSSR count). The number of nitrogens with two attached hydrogens (primary N) is 2. The molecule has 1 saturated heterocycles. The van der Waals surface area contributed by atoms with Crippen molar-refractivity contribution in [3.05, 3.63) is 58.6 Å². The second-order valence-corrected chi connectivity index (χ2v) is 6.70. The summed E-state index contributed by atoms with van der Waals surface area (Å²) in [7, 11) is 1.51. The molecule has 1 aliphatic rings. The van der Waals surface area contributed by atoms with E-state index in [2.05, 4.69) is 12.1 Å². The number of amides is 1. The number of nitrogens with zero attached hydrogens (tertiary/aromatic N) is 1. The highest BCUT2D eigenvalue weighted by molar-refractivity contribution is 6.33. The molecule has 1 aliphatic heterocycles. The summed E-state index contributed by atoms with van der Waals surface area (Å²) in [5.74, 6) is 0.766. The maximum Gasteiger partial charge on any atom is 0.257 e. The fourth-order valence-electron chi connectivity index (χ4n) is 3.43. The highest BCUT2D eigenvalue weighted by atomic mass is 35.5. The van der Waals surface area contributed by atoms with Crippen LogP contribution in [0.15, 0.2) is 42.5 Å². The second-order valence-electron chi connectivity index (χ2n) is 6.30. The number of carbonyl (C=O) groups excluding carboxylic acids is 1. The number of halogens is 1. The van der Waals surface area contributed by atoms with Crippen LogP contribution >= 0.6 is 11.6 Å². The first-order chi connectivity index (χ1) is 12.0. The number of likely N-dealkylation sites (tertiary alicyclic amines) is 1. The zero-order valence-electron chi connectivity index (χ0n) is 14.1. The maximum absolute atomic E-state index is 13.0. The molecule has 132 valence electrons. The van der Waals surface area contributed by atoms with E-state index in [0.717, 1.165) is 0 Å². The molecule has 0 saturated carbocycles. The summed E-state index contributed by atoms with van der Waals surface area (Å²) in [6, 6.07) is 13.3. The van der Waals surface area contributed by atoms with Crippen LogP contribution in [0.2, 0.25) is 5.02 Å². The fourth-order valence-corrected chi connectivity index (χ4v) is 3.59. The van der Waals surface area contributed by atoms with Gasteiger partial charge < -0.3 is 21.1 Å². The molecule has 1 heterocycles. The van der Waals surface area contributed by atoms with E-state index in [1.54, 1.807) is 12.1 Å². The lowest BCUT2D eigenvalue weighted by Crippen LogP contribution is -2.30. The first kappa shape index (κ1) is 17.6. The number of ether oxygens (including phenoxy) is 1. The summed E-state index contributed by atoms with van der Waals surface area (Å²) in [4.78, 5) is 14.9. The second kappa shape index (κ2) is 7.33. The highest BCUT2D eigenvalue weighted by Crippen LogP contribution is 2.35. The van der Waals surface area contributed by atoms with Crippen LogP contribution in [0.3, 0.4) is 0 Å². The number of nitrogen functional groups attached to an aromatic ring is 1. The van der Waals surface area contributed by atoms with Gasteiger partial charge in [0.25, 0.3) is 5.91 Å². The van der Waals surface area contributed by atoms with Gasteiger partial charge in [-0.15, -0.1) is 0 Å². The molecule has 2 aromatic rings. The lowest BCUT2D eigenvalue weighted by atomic mass is 9.89. The average molecular weight is 360 g/mol. The standard InChI is InChI=1S/C19H22ClN3O2/c1-25-18-8-17(22)16(20)7-14(18)19(24)23-10-13(9-21)15(11-23)12-5-3-2-4-6-12/h2-8,13,15H,9-11,21-22H2,1H3/t13-,15+/m1/s1. The Hall–Kier alpha value is -2.24. The SMILES string of the molecule is COc1cc(N)c(Cl)cc1C(=O)N1C[C@@H](CN)[C@H](c2ccccc2)C1. The van der Waals surface area contributed by atoms with Crippen LogP contribution in [0.5, 0.6) is 5.75 Å². The van der Waals surface area contributed by atoms with Gasteiger partial charge in [0.2, 0.25) is 0 Å². The average Bonchev–Trinajstić information content (AvgIpc) is 3.08. The molecular formula is C19H22ClN3O2. The van der Waals surface area contributed by atoms with Crippen LogP contribution < -0.4 is 16.2 Å². The van der Waals surface area contributed by atoms with Crippen LogP contribution in [0.1, 0.15) is 21.8 Å². The third kappa shape index (κ3) is 3.43. The van der Waals surface area contributed by atoms with Crippen molar-refractivity contribution >= 4 is 23.2 Å². The molecule has 5 nitrogen and oxygen atoms in total. The van der Waals surface area contributed by atoms with Gasteiger partial charge in [0, 0.05) is 25.1 Å². The normalized spacial score (nSPS) is 19.9. The molecule has 0 aromatic heterocycles. The third-order valence-corrected chi connectivity index (χ3v) is 5.14. The van der Waals surface area contributed by atoms with Gasteiger partial charge in [0.05, 0.1) is 23.4 Å². The molecule has 0 unspecified atom stereocenters. The van der Waals surface area contributed by atoms with Gasteiger partial charge in [0.15, 0.2) is 0 Å². The minimum Gasteiger partial charge on any atom is -0.496 e. The number of hydrogen-bond donors (Lipinski definition) is 2. The van der Waals surface area contributed by atoms with E-state index in [4.69, 9.17) is 27.8 Å². The summed E-state index contributed by atoms with van der Waals surface area (Å²) in [6.07, 6.45) is 0. The van der Waals surface area contributed by atoms with Gasteiger partial charge in [-0.05, 0) is 24.1 Å². The molecule has 0 spiro atoms. The van der Waals surface area contributed by atoms with Crippen LogP contribution in [-0.2, 0) is 0 Å². The van der Waals surface area contributed by atoms with Crippen molar-refractivity contribution in [2.75, 3.05) is 32.5 Å². The number of benzene rings is 2. The van der Waals surface area contributed by atoms with E-state index < -0.39 is 0 Å². The Morgan fingerprint density at radius 1 is 1.28 bits per heavy atom. The first-order valence-electron chi connectivity index (χ1n) is 8.22. The van der Waals surface area contributed by atoms with Gasteiger partial charge in [-0.25, -0.2) is 0 Å². The van der Waals surface area contributed by atoms with Crippen LogP contribution in [0, 0.1) is 5.92 Å². The van der Waals surface area contributed by atoms with Crippen molar-refractivity contribution in [2.45, 2.75) is 5.92 Å². The first-order valence-corrected chi connectivity index (χ1v) is 8.60. The van der Waals surface area contributed by atoms with Gasteiger partial charge in [-0.3, -0.25) is 4.79 Å². The summed E-state index contributed by atoms with van der Waals surface area (Å²) in [6.45, 7) is 1.76. The van der Waals surface area contributed by atoms with E-state index in [1.165, 1.54) is 12.7 Å². The fraction of sp³-hybridized carbons (Fsp3) is 0.316. The van der Waals surface area contributed by atoms with E-state index in [-0.39, 0.29) is 17.7 Å². The topological polar surface area (TPSA) is 81.6 Å². The summed E-state index contributed by atoms with van der Waals surface area (Å²) in [5, 5.41) is 0.346. The molecule has 6 heteroatoms. The van der Waals surface area contributed by atoms with Crippen LogP contribution in [0.25, 0.3) is 0 Å². The third-order valence-electron chi connectivity index (χ3n) is 4.81. The summed E-state index contributed by atoms with van der Waals surface area (Å²) in [5.41, 5.74) is 13.8. The number of rotatable bonds is 4. The summed E-state index contributed by atoms with van der Waals surface area (Å²) < 4.78 is 5.32. The predicted molar refractivity (Wildman–Crippen MR) is 100 cm³/mol. The van der Waals surface area contributed by atoms with Gasteiger partial charge in [0.1, 0.15) is 5.75 Å². The molecule has 1 amide bonds. The summed E-state index contributed by atoms with van der Waals surface area (Å²) >= 11 is 6.10. The Labute approximate surface area is 152 Å². The zero-order chi connectivity index (χ0) is 18.0. The zero-order valence-corrected chi connectivity index (χ0v) is 14.9. The van der Waals surface area contributed by atoms with Crippen LogP contribution in [-0.4, -0.2) is 37.6 Å². The van der Waals surface area contributed by atoms with Crippen molar-refractivity contribution in [3.63, 3.8) is 0 Å². The minimum atomic E-state index is -0.115. The van der Waals surface area contributed by atoms with Crippen molar-refractivity contribution in [1.29, 1.82) is 0 Å². The molecule has 0 radical (unpaired) electrons. The Morgan fingerprint density at radius 3 is 2.64 bits per heavy atom. The number of anilines is 1. The van der Waals surface area contributed by atoms with E-state index in [9.17, 15) is 4.79 Å². The lowest BCUT2D eigenvalue weighted by molar-refractivity contribution is 0.0783. The smallest absolute Gasteiger partial charge is 0.257 e. The minimum absolute atomic E-state index is 0.115. The van der Waals surface area contributed by atoms with Gasteiger partial charge in [-0.2, -0.15) is 0 Å². The molecular weight excluding hydrogens is 338 g/mol. The predicted octanol–water partition coefficient (Wildman–Crippen LogP) is 2.75. The lowest BCUT2D eigenvalue weighted by Gasteiger charge is -2.19. The Morgan fingerprint density at radius 2 is 2.00 bits per heavy atom. The number of carbonyl (C=O) groups is 1. The molecule has 25 heavy (non-hydrogen) atoms. The van der Waals surface area contributed by atoms with E-state index in [1.807, 2.05) is 23.1 Å². The maximum atomic E-state index is 13.0. The van der Waals surface area contributed by atoms with Crippen molar-refractivity contribution in [1.82, 2.24) is 4.90 Å². The van der Waals surface area contributed by atoms with Crippen LogP contribution in [0.4, 0.5) is 5.69 Å².